The lowest BCUT2D eigenvalue weighted by Gasteiger charge is -2.36. The molecule has 33 heavy (non-hydrogen) atoms. The number of aromatic nitrogens is 1. The van der Waals surface area contributed by atoms with Crippen LogP contribution in [0.5, 0.6) is 0 Å². The van der Waals surface area contributed by atoms with Crippen molar-refractivity contribution in [2.75, 3.05) is 45.9 Å². The van der Waals surface area contributed by atoms with Gasteiger partial charge in [0.2, 0.25) is 5.91 Å². The first-order valence-electron chi connectivity index (χ1n) is 12.0. The van der Waals surface area contributed by atoms with Gasteiger partial charge in [0.05, 0.1) is 6.61 Å². The molecule has 5 rings (SSSR count). The molecule has 2 amide bonds. The maximum atomic E-state index is 13.1. The number of amides is 2. The lowest BCUT2D eigenvalue weighted by atomic mass is 9.90. The summed E-state index contributed by atoms with van der Waals surface area (Å²) in [6, 6.07) is 10.3. The number of carbonyl (C=O) groups is 2. The van der Waals surface area contributed by atoms with Crippen LogP contribution in [-0.2, 0) is 16.1 Å². The number of hydrogen-bond acceptors (Lipinski definition) is 6. The highest BCUT2D eigenvalue weighted by Gasteiger charge is 2.59. The van der Waals surface area contributed by atoms with E-state index in [-0.39, 0.29) is 17.4 Å². The molecule has 0 radical (unpaired) electrons. The number of benzene rings is 1. The van der Waals surface area contributed by atoms with Gasteiger partial charge in [-0.3, -0.25) is 9.69 Å². The van der Waals surface area contributed by atoms with Gasteiger partial charge in [0.15, 0.2) is 0 Å². The zero-order valence-electron chi connectivity index (χ0n) is 19.2. The van der Waals surface area contributed by atoms with Gasteiger partial charge in [0.25, 0.3) is 0 Å². The zero-order valence-corrected chi connectivity index (χ0v) is 20.1. The van der Waals surface area contributed by atoms with E-state index in [9.17, 15) is 9.59 Å². The van der Waals surface area contributed by atoms with E-state index in [0.717, 1.165) is 43.9 Å². The molecule has 0 N–H and O–H groups in total. The molecule has 176 valence electrons. The van der Waals surface area contributed by atoms with Crippen LogP contribution < -0.4 is 0 Å². The predicted octanol–water partition coefficient (Wildman–Crippen LogP) is 3.71. The Labute approximate surface area is 199 Å². The van der Waals surface area contributed by atoms with Crippen molar-refractivity contribution in [1.29, 1.82) is 0 Å². The minimum Gasteiger partial charge on any atom is -0.450 e. The van der Waals surface area contributed by atoms with Crippen LogP contribution in [0.4, 0.5) is 4.79 Å². The SMILES string of the molecule is CCOC(=O)N1CCN(C(=O)[C@H]2CC23CCN(Cc2cnc(-c4ccccc4)s2)CC3)CC1. The van der Waals surface area contributed by atoms with Gasteiger partial charge >= 0.3 is 6.09 Å². The number of piperazine rings is 1. The normalized spacial score (nSPS) is 22.4. The fourth-order valence-electron chi connectivity index (χ4n) is 5.27. The number of piperidine rings is 1. The molecule has 2 aliphatic heterocycles. The van der Waals surface area contributed by atoms with Crippen LogP contribution in [0.15, 0.2) is 36.5 Å². The average Bonchev–Trinajstić information content (AvgIpc) is 3.34. The van der Waals surface area contributed by atoms with Gasteiger partial charge in [0, 0.05) is 55.3 Å². The van der Waals surface area contributed by atoms with Gasteiger partial charge in [-0.05, 0) is 44.7 Å². The summed E-state index contributed by atoms with van der Waals surface area (Å²) >= 11 is 1.77. The molecule has 0 bridgehead atoms. The van der Waals surface area contributed by atoms with E-state index in [2.05, 4.69) is 22.0 Å². The fraction of sp³-hybridized carbons (Fsp3) is 0.560. The second kappa shape index (κ2) is 9.43. The molecule has 1 saturated carbocycles. The minimum absolute atomic E-state index is 0.168. The van der Waals surface area contributed by atoms with E-state index in [0.29, 0.717) is 38.7 Å². The van der Waals surface area contributed by atoms with Gasteiger partial charge in [0.1, 0.15) is 5.01 Å². The average molecular weight is 469 g/mol. The first-order chi connectivity index (χ1) is 16.1. The zero-order chi connectivity index (χ0) is 22.8. The number of rotatable bonds is 5. The van der Waals surface area contributed by atoms with Crippen LogP contribution in [0, 0.1) is 11.3 Å². The van der Waals surface area contributed by atoms with Crippen LogP contribution in [0.1, 0.15) is 31.1 Å². The number of thiazole rings is 1. The van der Waals surface area contributed by atoms with Crippen molar-refractivity contribution in [3.05, 3.63) is 41.4 Å². The van der Waals surface area contributed by atoms with E-state index < -0.39 is 0 Å². The lowest BCUT2D eigenvalue weighted by Crippen LogP contribution is -2.51. The van der Waals surface area contributed by atoms with Crippen LogP contribution in [0.2, 0.25) is 0 Å². The van der Waals surface area contributed by atoms with E-state index >= 15 is 0 Å². The summed E-state index contributed by atoms with van der Waals surface area (Å²) < 4.78 is 5.08. The molecule has 3 heterocycles. The first kappa shape index (κ1) is 22.3. The first-order valence-corrected chi connectivity index (χ1v) is 12.8. The van der Waals surface area contributed by atoms with Gasteiger partial charge in [-0.25, -0.2) is 9.78 Å². The molecule has 1 aromatic carbocycles. The fourth-order valence-corrected chi connectivity index (χ4v) is 6.23. The molecule has 1 atom stereocenters. The number of likely N-dealkylation sites (tertiary alicyclic amines) is 1. The van der Waals surface area contributed by atoms with Crippen LogP contribution >= 0.6 is 11.3 Å². The highest BCUT2D eigenvalue weighted by molar-refractivity contribution is 7.15. The Kier molecular flexibility index (Phi) is 6.38. The summed E-state index contributed by atoms with van der Waals surface area (Å²) in [6.07, 6.45) is 4.96. The monoisotopic (exact) mass is 468 g/mol. The van der Waals surface area contributed by atoms with Crippen molar-refractivity contribution >= 4 is 23.3 Å². The highest BCUT2D eigenvalue weighted by atomic mass is 32.1. The van der Waals surface area contributed by atoms with Crippen molar-refractivity contribution < 1.29 is 14.3 Å². The van der Waals surface area contributed by atoms with Gasteiger partial charge in [-0.2, -0.15) is 0 Å². The Morgan fingerprint density at radius 2 is 1.76 bits per heavy atom. The molecule has 2 aromatic rings. The standard InChI is InChI=1S/C25H32N4O3S/c1-2-32-24(31)29-14-12-28(13-15-29)23(30)21-16-25(21)8-10-27(11-9-25)18-20-17-26-22(33-20)19-6-4-3-5-7-19/h3-7,17,21H,2,8-16,18H2,1H3/t21-/m1/s1. The Bertz CT molecular complexity index is 979. The lowest BCUT2D eigenvalue weighted by molar-refractivity contribution is -0.135. The van der Waals surface area contributed by atoms with Crippen LogP contribution in [-0.4, -0.2) is 77.6 Å². The second-order valence-electron chi connectivity index (χ2n) is 9.40. The Hall–Kier alpha value is -2.45. The summed E-state index contributed by atoms with van der Waals surface area (Å²) in [5, 5.41) is 1.08. The molecule has 2 saturated heterocycles. The number of ether oxygens (including phenoxy) is 1. The van der Waals surface area contributed by atoms with Gasteiger partial charge in [-0.15, -0.1) is 11.3 Å². The third kappa shape index (κ3) is 4.77. The summed E-state index contributed by atoms with van der Waals surface area (Å²) in [6.45, 7) is 7.59. The van der Waals surface area contributed by atoms with Crippen molar-refractivity contribution in [3.63, 3.8) is 0 Å². The molecule has 3 fully saturated rings. The third-order valence-electron chi connectivity index (χ3n) is 7.41. The molecule has 1 spiro atoms. The Balaban J connectivity index is 1.09. The predicted molar refractivity (Wildman–Crippen MR) is 128 cm³/mol. The summed E-state index contributed by atoms with van der Waals surface area (Å²) in [7, 11) is 0. The minimum atomic E-state index is -0.267. The van der Waals surface area contributed by atoms with E-state index in [1.54, 1.807) is 16.2 Å². The van der Waals surface area contributed by atoms with Crippen LogP contribution in [0.3, 0.4) is 0 Å². The quantitative estimate of drug-likeness (QED) is 0.669. The Morgan fingerprint density at radius 3 is 2.45 bits per heavy atom. The maximum Gasteiger partial charge on any atom is 0.409 e. The largest absolute Gasteiger partial charge is 0.450 e. The molecular weight excluding hydrogens is 436 g/mol. The van der Waals surface area contributed by atoms with E-state index in [4.69, 9.17) is 4.74 Å². The molecule has 7 nitrogen and oxygen atoms in total. The molecule has 1 aliphatic carbocycles. The molecule has 8 heteroatoms. The van der Waals surface area contributed by atoms with E-state index in [1.807, 2.05) is 36.2 Å². The number of hydrogen-bond donors (Lipinski definition) is 0. The molecule has 3 aliphatic rings. The number of carbonyl (C=O) groups excluding carboxylic acids is 2. The Morgan fingerprint density at radius 1 is 1.06 bits per heavy atom. The van der Waals surface area contributed by atoms with E-state index in [1.165, 1.54) is 10.4 Å². The summed E-state index contributed by atoms with van der Waals surface area (Å²) in [5.74, 6) is 0.462. The third-order valence-corrected chi connectivity index (χ3v) is 8.44. The van der Waals surface area contributed by atoms with Crippen molar-refractivity contribution in [2.45, 2.75) is 32.7 Å². The van der Waals surface area contributed by atoms with Crippen molar-refractivity contribution in [3.8, 4) is 10.6 Å². The smallest absolute Gasteiger partial charge is 0.409 e. The summed E-state index contributed by atoms with van der Waals surface area (Å²) in [5.41, 5.74) is 1.38. The van der Waals surface area contributed by atoms with Crippen molar-refractivity contribution in [2.24, 2.45) is 11.3 Å². The molecule has 1 aromatic heterocycles. The van der Waals surface area contributed by atoms with Gasteiger partial charge < -0.3 is 14.5 Å². The van der Waals surface area contributed by atoms with Crippen LogP contribution in [0.25, 0.3) is 10.6 Å². The maximum absolute atomic E-state index is 13.1. The molecule has 0 unspecified atom stereocenters. The second-order valence-corrected chi connectivity index (χ2v) is 10.5. The number of nitrogens with zero attached hydrogens (tertiary/aromatic N) is 4. The van der Waals surface area contributed by atoms with Crippen molar-refractivity contribution in [1.82, 2.24) is 19.7 Å². The topological polar surface area (TPSA) is 66.0 Å². The molecular formula is C25H32N4O3S. The summed E-state index contributed by atoms with van der Waals surface area (Å²) in [4.78, 5) is 37.1. The highest BCUT2D eigenvalue weighted by Crippen LogP contribution is 2.60. The van der Waals surface area contributed by atoms with Gasteiger partial charge in [-0.1, -0.05) is 30.3 Å².